The molecular formula is C18H30N2. The van der Waals surface area contributed by atoms with E-state index in [-0.39, 0.29) is 6.04 Å². The molecule has 0 radical (unpaired) electrons. The van der Waals surface area contributed by atoms with Gasteiger partial charge in [-0.05, 0) is 36.3 Å². The van der Waals surface area contributed by atoms with Crippen LogP contribution in [0.3, 0.4) is 0 Å². The summed E-state index contributed by atoms with van der Waals surface area (Å²) in [4.78, 5) is 2.55. The molecule has 1 aromatic carbocycles. The van der Waals surface area contributed by atoms with Gasteiger partial charge in [-0.1, -0.05) is 51.8 Å². The fourth-order valence-corrected chi connectivity index (χ4v) is 3.49. The fourth-order valence-electron chi connectivity index (χ4n) is 3.49. The molecule has 2 N–H and O–H groups in total. The van der Waals surface area contributed by atoms with Gasteiger partial charge in [0.05, 0.1) is 0 Å². The second-order valence-electron chi connectivity index (χ2n) is 6.27. The summed E-state index contributed by atoms with van der Waals surface area (Å²) in [7, 11) is 0. The largest absolute Gasteiger partial charge is 0.371 e. The van der Waals surface area contributed by atoms with Crippen LogP contribution in [-0.4, -0.2) is 13.1 Å². The van der Waals surface area contributed by atoms with Crippen LogP contribution in [0, 0.1) is 5.41 Å². The van der Waals surface area contributed by atoms with Gasteiger partial charge in [0.15, 0.2) is 0 Å². The zero-order chi connectivity index (χ0) is 14.6. The lowest BCUT2D eigenvalue weighted by Gasteiger charge is -2.42. The minimum atomic E-state index is 0.162. The molecule has 1 atom stereocenters. The van der Waals surface area contributed by atoms with Crippen LogP contribution >= 0.6 is 0 Å². The lowest BCUT2D eigenvalue weighted by molar-refractivity contribution is 0.199. The van der Waals surface area contributed by atoms with Gasteiger partial charge < -0.3 is 10.6 Å². The molecule has 20 heavy (non-hydrogen) atoms. The van der Waals surface area contributed by atoms with Crippen molar-refractivity contribution in [2.75, 3.05) is 18.0 Å². The number of hydrogen-bond donors (Lipinski definition) is 1. The lowest BCUT2D eigenvalue weighted by Crippen LogP contribution is -2.40. The first-order valence-electron chi connectivity index (χ1n) is 8.25. The van der Waals surface area contributed by atoms with Crippen molar-refractivity contribution >= 4 is 5.69 Å². The first-order chi connectivity index (χ1) is 9.65. The maximum atomic E-state index is 6.28. The summed E-state index contributed by atoms with van der Waals surface area (Å²) in [6.45, 7) is 9.21. The van der Waals surface area contributed by atoms with E-state index >= 15 is 0 Å². The summed E-state index contributed by atoms with van der Waals surface area (Å²) in [5, 5.41) is 0. The van der Waals surface area contributed by atoms with Gasteiger partial charge in [-0.25, -0.2) is 0 Å². The molecule has 0 saturated carbocycles. The Morgan fingerprint density at radius 2 is 1.70 bits per heavy atom. The normalized spacial score (nSPS) is 19.9. The summed E-state index contributed by atoms with van der Waals surface area (Å²) in [5.74, 6) is 0. The Bertz CT molecular complexity index is 413. The maximum absolute atomic E-state index is 6.28. The first kappa shape index (κ1) is 15.4. The fraction of sp³-hybridized carbons (Fsp3) is 0.667. The third-order valence-corrected chi connectivity index (χ3v) is 5.44. The van der Waals surface area contributed by atoms with E-state index in [4.69, 9.17) is 5.73 Å². The van der Waals surface area contributed by atoms with Crippen LogP contribution in [-0.2, 0) is 0 Å². The van der Waals surface area contributed by atoms with E-state index in [2.05, 4.69) is 49.9 Å². The van der Waals surface area contributed by atoms with Crippen molar-refractivity contribution in [2.24, 2.45) is 11.1 Å². The Hall–Kier alpha value is -1.02. The lowest BCUT2D eigenvalue weighted by atomic mass is 9.74. The van der Waals surface area contributed by atoms with E-state index in [1.165, 1.54) is 50.0 Å². The molecule has 0 amide bonds. The van der Waals surface area contributed by atoms with Gasteiger partial charge >= 0.3 is 0 Å². The zero-order valence-electron chi connectivity index (χ0n) is 13.4. The molecule has 1 aromatic rings. The molecule has 112 valence electrons. The zero-order valence-corrected chi connectivity index (χ0v) is 13.4. The average molecular weight is 274 g/mol. The highest BCUT2D eigenvalue weighted by atomic mass is 15.1. The summed E-state index contributed by atoms with van der Waals surface area (Å²) in [6.07, 6.45) is 6.25. The molecule has 1 fully saturated rings. The van der Waals surface area contributed by atoms with Crippen molar-refractivity contribution in [3.63, 3.8) is 0 Å². The van der Waals surface area contributed by atoms with Gasteiger partial charge in [0.25, 0.3) is 0 Å². The predicted octanol–water partition coefficient (Wildman–Crippen LogP) is 4.50. The van der Waals surface area contributed by atoms with Crippen molar-refractivity contribution in [3.8, 4) is 0 Å². The van der Waals surface area contributed by atoms with Crippen molar-refractivity contribution in [3.05, 3.63) is 29.8 Å². The number of anilines is 1. The second-order valence-corrected chi connectivity index (χ2v) is 6.27. The molecule has 0 spiro atoms. The second kappa shape index (κ2) is 6.62. The molecule has 1 aliphatic heterocycles. The molecule has 2 nitrogen and oxygen atoms in total. The van der Waals surface area contributed by atoms with Crippen LogP contribution in [0.1, 0.15) is 64.5 Å². The maximum Gasteiger partial charge on any atom is 0.0414 e. The van der Waals surface area contributed by atoms with Crippen molar-refractivity contribution in [2.45, 2.75) is 58.9 Å². The molecule has 0 unspecified atom stereocenters. The highest BCUT2D eigenvalue weighted by Gasteiger charge is 2.31. The van der Waals surface area contributed by atoms with Crippen LogP contribution in [0.15, 0.2) is 24.3 Å². The van der Waals surface area contributed by atoms with Gasteiger partial charge in [0.1, 0.15) is 0 Å². The topological polar surface area (TPSA) is 29.3 Å². The predicted molar refractivity (Wildman–Crippen MR) is 88.1 cm³/mol. The number of nitrogens with two attached hydrogens (primary N) is 1. The van der Waals surface area contributed by atoms with E-state index in [9.17, 15) is 0 Å². The van der Waals surface area contributed by atoms with Crippen molar-refractivity contribution in [1.82, 2.24) is 0 Å². The number of piperidine rings is 1. The summed E-state index contributed by atoms with van der Waals surface area (Å²) >= 11 is 0. The minimum Gasteiger partial charge on any atom is -0.371 e. The number of para-hydroxylation sites is 1. The Morgan fingerprint density at radius 3 is 2.25 bits per heavy atom. The third kappa shape index (κ3) is 3.01. The summed E-state index contributed by atoms with van der Waals surface area (Å²) in [5.41, 5.74) is 9.54. The quantitative estimate of drug-likeness (QED) is 0.856. The number of benzene rings is 1. The van der Waals surface area contributed by atoms with Crippen LogP contribution in [0.5, 0.6) is 0 Å². The van der Waals surface area contributed by atoms with Gasteiger partial charge in [0, 0.05) is 24.8 Å². The van der Waals surface area contributed by atoms with Crippen molar-refractivity contribution in [1.29, 1.82) is 0 Å². The van der Waals surface area contributed by atoms with E-state index in [1.54, 1.807) is 0 Å². The Balaban J connectivity index is 2.15. The number of rotatable bonds is 5. The molecule has 1 heterocycles. The van der Waals surface area contributed by atoms with E-state index in [0.717, 1.165) is 6.42 Å². The summed E-state index contributed by atoms with van der Waals surface area (Å²) in [6, 6.07) is 8.86. The smallest absolute Gasteiger partial charge is 0.0414 e. The number of hydrogen-bond acceptors (Lipinski definition) is 2. The van der Waals surface area contributed by atoms with Crippen LogP contribution in [0.2, 0.25) is 0 Å². The van der Waals surface area contributed by atoms with Gasteiger partial charge in [0.2, 0.25) is 0 Å². The highest BCUT2D eigenvalue weighted by molar-refractivity contribution is 5.55. The molecule has 1 aliphatic rings. The molecule has 2 heteroatoms. The SMILES string of the molecule is CC[C@@H](N)c1ccccc1N1CCC(CC)(CC)CC1. The molecule has 2 rings (SSSR count). The Kier molecular flexibility index (Phi) is 5.09. The standard InChI is InChI=1S/C18H30N2/c1-4-16(19)15-9-7-8-10-17(15)20-13-11-18(5-2,6-3)12-14-20/h7-10,16H,4-6,11-14,19H2,1-3H3/t16-/m1/s1. The van der Waals surface area contributed by atoms with Gasteiger partial charge in [-0.2, -0.15) is 0 Å². The Morgan fingerprint density at radius 1 is 1.10 bits per heavy atom. The molecule has 0 aliphatic carbocycles. The van der Waals surface area contributed by atoms with E-state index in [0.29, 0.717) is 5.41 Å². The third-order valence-electron chi connectivity index (χ3n) is 5.44. The molecule has 1 saturated heterocycles. The average Bonchev–Trinajstić information content (AvgIpc) is 2.54. The van der Waals surface area contributed by atoms with Crippen molar-refractivity contribution < 1.29 is 0 Å². The van der Waals surface area contributed by atoms with Gasteiger partial charge in [-0.15, -0.1) is 0 Å². The molecule has 0 aromatic heterocycles. The van der Waals surface area contributed by atoms with Gasteiger partial charge in [-0.3, -0.25) is 0 Å². The number of nitrogens with zero attached hydrogens (tertiary/aromatic N) is 1. The van der Waals surface area contributed by atoms with E-state index in [1.807, 2.05) is 0 Å². The van der Waals surface area contributed by atoms with Crippen LogP contribution in [0.25, 0.3) is 0 Å². The minimum absolute atomic E-state index is 0.162. The van der Waals surface area contributed by atoms with E-state index < -0.39 is 0 Å². The monoisotopic (exact) mass is 274 g/mol. The first-order valence-corrected chi connectivity index (χ1v) is 8.25. The molecular weight excluding hydrogens is 244 g/mol. The molecule has 0 bridgehead atoms. The Labute approximate surface area is 124 Å². The highest BCUT2D eigenvalue weighted by Crippen LogP contribution is 2.40. The summed E-state index contributed by atoms with van der Waals surface area (Å²) < 4.78 is 0. The van der Waals surface area contributed by atoms with Crippen LogP contribution < -0.4 is 10.6 Å². The van der Waals surface area contributed by atoms with Crippen LogP contribution in [0.4, 0.5) is 5.69 Å².